The molecule has 4 rings (SSSR count). The molecule has 2 aromatic carbocycles. The quantitative estimate of drug-likeness (QED) is 0.639. The monoisotopic (exact) mass is 418 g/mol. The molecule has 30 heavy (non-hydrogen) atoms. The van der Waals surface area contributed by atoms with Gasteiger partial charge in [-0.05, 0) is 34.7 Å². The molecule has 3 aromatic rings. The molecule has 5 nitrogen and oxygen atoms in total. The highest BCUT2D eigenvalue weighted by atomic mass is 32.1. The Morgan fingerprint density at radius 3 is 2.60 bits per heavy atom. The van der Waals surface area contributed by atoms with Crippen LogP contribution < -0.4 is 20.9 Å². The summed E-state index contributed by atoms with van der Waals surface area (Å²) in [6.45, 7) is 1.12. The van der Waals surface area contributed by atoms with Gasteiger partial charge in [-0.25, -0.2) is 0 Å². The predicted molar refractivity (Wildman–Crippen MR) is 126 cm³/mol. The van der Waals surface area contributed by atoms with E-state index in [1.807, 2.05) is 43.3 Å². The second kappa shape index (κ2) is 8.63. The molecule has 0 fully saturated rings. The van der Waals surface area contributed by atoms with Gasteiger partial charge < -0.3 is 20.9 Å². The summed E-state index contributed by atoms with van der Waals surface area (Å²) < 4.78 is 0. The van der Waals surface area contributed by atoms with Crippen LogP contribution in [0.1, 0.15) is 16.0 Å². The fourth-order valence-electron chi connectivity index (χ4n) is 3.70. The first-order chi connectivity index (χ1) is 14.5. The maximum Gasteiger partial charge on any atom is 0.246 e. The lowest BCUT2D eigenvalue weighted by Gasteiger charge is -2.33. The van der Waals surface area contributed by atoms with Crippen molar-refractivity contribution in [2.45, 2.75) is 13.0 Å². The lowest BCUT2D eigenvalue weighted by atomic mass is 10.0. The molecule has 1 aromatic heterocycles. The van der Waals surface area contributed by atoms with Crippen molar-refractivity contribution in [1.29, 1.82) is 0 Å². The molecule has 2 heterocycles. The van der Waals surface area contributed by atoms with Gasteiger partial charge in [0.2, 0.25) is 5.91 Å². The second-order valence-corrected chi connectivity index (χ2v) is 8.54. The van der Waals surface area contributed by atoms with Crippen molar-refractivity contribution in [3.05, 3.63) is 87.7 Å². The number of nitrogens with zero attached hydrogens (tertiary/aromatic N) is 2. The molecule has 1 aliphatic heterocycles. The van der Waals surface area contributed by atoms with E-state index in [-0.39, 0.29) is 5.91 Å². The molecule has 0 unspecified atom stereocenters. The molecule has 0 saturated carbocycles. The summed E-state index contributed by atoms with van der Waals surface area (Å²) in [6.07, 6.45) is 0.625. The van der Waals surface area contributed by atoms with Gasteiger partial charge in [-0.15, -0.1) is 11.3 Å². The number of anilines is 2. The molecule has 0 aliphatic carbocycles. The Hall–Kier alpha value is -3.25. The molecular weight excluding hydrogens is 392 g/mol. The molecule has 3 N–H and O–H groups in total. The summed E-state index contributed by atoms with van der Waals surface area (Å²) in [5.74, 6) is 0.0984. The van der Waals surface area contributed by atoms with Crippen molar-refractivity contribution in [2.24, 2.45) is 5.73 Å². The Morgan fingerprint density at radius 1 is 1.07 bits per heavy atom. The fraction of sp³-hybridized carbons (Fsp3) is 0.208. The minimum atomic E-state index is 0.0984. The summed E-state index contributed by atoms with van der Waals surface area (Å²) in [4.78, 5) is 17.1. The van der Waals surface area contributed by atoms with Crippen molar-refractivity contribution < 1.29 is 4.79 Å². The van der Waals surface area contributed by atoms with Crippen LogP contribution in [0.4, 0.5) is 11.4 Å². The Labute approximate surface area is 181 Å². The van der Waals surface area contributed by atoms with Crippen LogP contribution in [0.5, 0.6) is 0 Å². The van der Waals surface area contributed by atoms with Crippen LogP contribution in [0, 0.1) is 0 Å². The van der Waals surface area contributed by atoms with E-state index < -0.39 is 0 Å². The number of thiophene rings is 1. The van der Waals surface area contributed by atoms with Crippen molar-refractivity contribution in [3.63, 3.8) is 0 Å². The molecule has 0 saturated heterocycles. The lowest BCUT2D eigenvalue weighted by Crippen LogP contribution is -2.42. The molecule has 154 valence electrons. The second-order valence-electron chi connectivity index (χ2n) is 7.51. The Morgan fingerprint density at radius 2 is 1.87 bits per heavy atom. The standard InChI is InChI=1S/C24H26N4OS/c1-27-16-23(29)28(2)21-11-10-17(14-22(21)27)13-20(25)24(18-7-4-3-5-8-18)26-15-19-9-6-12-30-19/h3-12,14,26H,13,15-16,25H2,1-2H3/b24-20-. The van der Waals surface area contributed by atoms with E-state index in [1.165, 1.54) is 4.88 Å². The Balaban J connectivity index is 1.63. The summed E-state index contributed by atoms with van der Waals surface area (Å²) in [5.41, 5.74) is 12.6. The van der Waals surface area contributed by atoms with Gasteiger partial charge in [0.15, 0.2) is 0 Å². The zero-order valence-corrected chi connectivity index (χ0v) is 18.1. The SMILES string of the molecule is CN1CC(=O)N(C)c2ccc(C/C(N)=C(/NCc3cccs3)c3ccccc3)cc21. The average Bonchev–Trinajstić information content (AvgIpc) is 3.27. The third-order valence-corrected chi connectivity index (χ3v) is 6.23. The normalized spacial score (nSPS) is 14.4. The van der Waals surface area contributed by atoms with Gasteiger partial charge in [0.05, 0.1) is 23.6 Å². The predicted octanol–water partition coefficient (Wildman–Crippen LogP) is 3.82. The van der Waals surface area contributed by atoms with E-state index >= 15 is 0 Å². The minimum Gasteiger partial charge on any atom is -0.400 e. The summed E-state index contributed by atoms with van der Waals surface area (Å²) in [7, 11) is 3.77. The van der Waals surface area contributed by atoms with Crippen molar-refractivity contribution >= 4 is 34.3 Å². The number of likely N-dealkylation sites (N-methyl/N-ethyl adjacent to an activating group) is 2. The third kappa shape index (κ3) is 4.19. The van der Waals surface area contributed by atoms with Gasteiger partial charge in [0.25, 0.3) is 0 Å². The topological polar surface area (TPSA) is 61.6 Å². The number of amides is 1. The number of carbonyl (C=O) groups excluding carboxylic acids is 1. The number of benzene rings is 2. The van der Waals surface area contributed by atoms with Crippen molar-refractivity contribution in [1.82, 2.24) is 5.32 Å². The van der Waals surface area contributed by atoms with Crippen LogP contribution >= 0.6 is 11.3 Å². The maximum atomic E-state index is 12.1. The summed E-state index contributed by atoms with van der Waals surface area (Å²) in [5, 5.41) is 5.63. The van der Waals surface area contributed by atoms with Crippen LogP contribution in [-0.4, -0.2) is 26.5 Å². The van der Waals surface area contributed by atoms with Crippen molar-refractivity contribution in [3.8, 4) is 0 Å². The number of fused-ring (bicyclic) bond motifs is 1. The van der Waals surface area contributed by atoms with E-state index in [0.29, 0.717) is 13.0 Å². The van der Waals surface area contributed by atoms with E-state index in [1.54, 1.807) is 16.2 Å². The highest BCUT2D eigenvalue weighted by Crippen LogP contribution is 2.33. The first-order valence-electron chi connectivity index (χ1n) is 9.94. The van der Waals surface area contributed by atoms with Crippen LogP contribution in [0.2, 0.25) is 0 Å². The smallest absolute Gasteiger partial charge is 0.246 e. The zero-order valence-electron chi connectivity index (χ0n) is 17.3. The van der Waals surface area contributed by atoms with Crippen LogP contribution in [0.3, 0.4) is 0 Å². The highest BCUT2D eigenvalue weighted by Gasteiger charge is 2.24. The number of carbonyl (C=O) groups is 1. The number of rotatable bonds is 6. The van der Waals surface area contributed by atoms with Crippen molar-refractivity contribution in [2.75, 3.05) is 30.4 Å². The third-order valence-electron chi connectivity index (χ3n) is 5.36. The number of nitrogens with two attached hydrogens (primary N) is 1. The summed E-state index contributed by atoms with van der Waals surface area (Å²) in [6, 6.07) is 20.6. The van der Waals surface area contributed by atoms with Crippen LogP contribution in [0.25, 0.3) is 5.70 Å². The molecule has 0 atom stereocenters. The van der Waals surface area contributed by atoms with Gasteiger partial charge in [-0.2, -0.15) is 0 Å². The zero-order chi connectivity index (χ0) is 21.1. The number of nitrogens with one attached hydrogen (secondary N) is 1. The van der Waals surface area contributed by atoms with Crippen LogP contribution in [-0.2, 0) is 17.8 Å². The minimum absolute atomic E-state index is 0.0984. The largest absolute Gasteiger partial charge is 0.400 e. The molecule has 1 amide bonds. The van der Waals surface area contributed by atoms with Gasteiger partial charge in [-0.1, -0.05) is 42.5 Å². The Kier molecular flexibility index (Phi) is 5.77. The maximum absolute atomic E-state index is 12.1. The molecule has 0 spiro atoms. The summed E-state index contributed by atoms with van der Waals surface area (Å²) >= 11 is 1.73. The van der Waals surface area contributed by atoms with Gasteiger partial charge in [-0.3, -0.25) is 4.79 Å². The van der Waals surface area contributed by atoms with Gasteiger partial charge in [0.1, 0.15) is 0 Å². The molecule has 0 radical (unpaired) electrons. The molecule has 6 heteroatoms. The number of hydrogen-bond donors (Lipinski definition) is 2. The molecule has 0 bridgehead atoms. The van der Waals surface area contributed by atoms with E-state index in [0.717, 1.165) is 40.4 Å². The van der Waals surface area contributed by atoms with Crippen LogP contribution in [0.15, 0.2) is 71.7 Å². The van der Waals surface area contributed by atoms with E-state index in [9.17, 15) is 4.79 Å². The van der Waals surface area contributed by atoms with E-state index in [2.05, 4.69) is 47.1 Å². The first kappa shape index (κ1) is 20.0. The lowest BCUT2D eigenvalue weighted by molar-refractivity contribution is -0.117. The molecule has 1 aliphatic rings. The Bertz CT molecular complexity index is 1060. The van der Waals surface area contributed by atoms with E-state index in [4.69, 9.17) is 5.73 Å². The number of allylic oxidation sites excluding steroid dienone is 1. The highest BCUT2D eigenvalue weighted by molar-refractivity contribution is 7.09. The van der Waals surface area contributed by atoms with Gasteiger partial charge in [0, 0.05) is 37.6 Å². The fourth-order valence-corrected chi connectivity index (χ4v) is 4.34. The number of hydrogen-bond acceptors (Lipinski definition) is 5. The van der Waals surface area contributed by atoms with Gasteiger partial charge >= 0.3 is 0 Å². The molecular formula is C24H26N4OS. The average molecular weight is 419 g/mol. The first-order valence-corrected chi connectivity index (χ1v) is 10.8.